The van der Waals surface area contributed by atoms with Crippen LogP contribution < -0.4 is 16.6 Å². The number of aromatic hydroxyl groups is 1. The smallest absolute Gasteiger partial charge is 0.411 e. The maximum atomic E-state index is 12.1. The number of rotatable bonds is 4. The molecule has 0 aliphatic carbocycles. The van der Waals surface area contributed by atoms with Crippen LogP contribution in [0.15, 0.2) is 65.5 Å². The molecule has 2 aromatic carbocycles. The van der Waals surface area contributed by atoms with Crippen LogP contribution in [-0.4, -0.2) is 26.0 Å². The first kappa shape index (κ1) is 18.1. The van der Waals surface area contributed by atoms with Crippen LogP contribution in [0, 0.1) is 0 Å². The van der Waals surface area contributed by atoms with Crippen molar-refractivity contribution < 1.29 is 14.6 Å². The number of hydrogen-bond acceptors (Lipinski definition) is 6. The van der Waals surface area contributed by atoms with Gasteiger partial charge in [0.15, 0.2) is 5.88 Å². The summed E-state index contributed by atoms with van der Waals surface area (Å²) < 4.78 is 6.57. The average Bonchev–Trinajstić information content (AvgIpc) is 3.04. The van der Waals surface area contributed by atoms with Crippen LogP contribution >= 0.6 is 0 Å². The first-order chi connectivity index (χ1) is 14.0. The standard InChI is InChI=1S/C20H17N5O4/c21-18-17-15(10-16(26)23-19(17)27)24-25(18)14-8-4-7-13(9-14)22-20(28)29-11-12-5-2-1-3-6-12/h1-10,26H,11,21H2,(H,22,28)(H,23,27). The molecule has 0 saturated heterocycles. The van der Waals surface area contributed by atoms with Crippen molar-refractivity contribution >= 4 is 28.5 Å². The van der Waals surface area contributed by atoms with E-state index in [0.717, 1.165) is 5.56 Å². The SMILES string of the molecule is Nc1c2c(=O)[nH]c(O)cc2nn1-c1cccc(NC(=O)OCc2ccccc2)c1. The zero-order chi connectivity index (χ0) is 20.4. The molecule has 1 amide bonds. The third-order valence-electron chi connectivity index (χ3n) is 4.24. The third-order valence-corrected chi connectivity index (χ3v) is 4.24. The molecule has 0 radical (unpaired) electrons. The van der Waals surface area contributed by atoms with Gasteiger partial charge in [-0.05, 0) is 23.8 Å². The molecule has 0 aliphatic rings. The van der Waals surface area contributed by atoms with E-state index in [-0.39, 0.29) is 29.2 Å². The lowest BCUT2D eigenvalue weighted by atomic mass is 10.2. The lowest BCUT2D eigenvalue weighted by molar-refractivity contribution is 0.155. The molecule has 2 heterocycles. The summed E-state index contributed by atoms with van der Waals surface area (Å²) in [5.74, 6) is -0.186. The zero-order valence-electron chi connectivity index (χ0n) is 15.1. The van der Waals surface area contributed by atoms with Crippen molar-refractivity contribution in [3.63, 3.8) is 0 Å². The molecule has 2 aromatic heterocycles. The number of anilines is 2. The van der Waals surface area contributed by atoms with E-state index in [9.17, 15) is 14.7 Å². The van der Waals surface area contributed by atoms with Gasteiger partial charge >= 0.3 is 6.09 Å². The number of nitrogen functional groups attached to an aromatic ring is 1. The number of carbonyl (C=O) groups excluding carboxylic acids is 1. The van der Waals surface area contributed by atoms with Crippen molar-refractivity contribution in [2.45, 2.75) is 6.61 Å². The maximum Gasteiger partial charge on any atom is 0.411 e. The molecule has 4 rings (SSSR count). The third kappa shape index (κ3) is 3.74. The van der Waals surface area contributed by atoms with Crippen molar-refractivity contribution in [2.75, 3.05) is 11.1 Å². The second kappa shape index (κ2) is 7.39. The topological polar surface area (TPSA) is 135 Å². The fraction of sp³-hybridized carbons (Fsp3) is 0.0500. The summed E-state index contributed by atoms with van der Waals surface area (Å²) in [7, 11) is 0. The summed E-state index contributed by atoms with van der Waals surface area (Å²) in [6.45, 7) is 0.149. The fourth-order valence-corrected chi connectivity index (χ4v) is 2.92. The molecule has 0 saturated carbocycles. The zero-order valence-corrected chi connectivity index (χ0v) is 15.1. The average molecular weight is 391 g/mol. The van der Waals surface area contributed by atoms with E-state index in [1.54, 1.807) is 24.3 Å². The highest BCUT2D eigenvalue weighted by Crippen LogP contribution is 2.24. The van der Waals surface area contributed by atoms with Gasteiger partial charge in [0.1, 0.15) is 23.3 Å². The summed E-state index contributed by atoms with van der Waals surface area (Å²) in [6, 6.07) is 17.4. The van der Waals surface area contributed by atoms with Crippen LogP contribution in [0.25, 0.3) is 16.6 Å². The Kier molecular flexibility index (Phi) is 4.62. The minimum atomic E-state index is -0.606. The van der Waals surface area contributed by atoms with Gasteiger partial charge in [-0.1, -0.05) is 36.4 Å². The van der Waals surface area contributed by atoms with E-state index in [2.05, 4.69) is 15.4 Å². The normalized spacial score (nSPS) is 10.8. The molecule has 0 bridgehead atoms. The Balaban J connectivity index is 1.55. The number of aromatic amines is 1. The van der Waals surface area contributed by atoms with E-state index in [0.29, 0.717) is 11.4 Å². The van der Waals surface area contributed by atoms with Crippen LogP contribution in [0.2, 0.25) is 0 Å². The highest BCUT2D eigenvalue weighted by Gasteiger charge is 2.15. The minimum absolute atomic E-state index is 0.116. The summed E-state index contributed by atoms with van der Waals surface area (Å²) in [6.07, 6.45) is -0.606. The Morgan fingerprint density at radius 3 is 2.76 bits per heavy atom. The number of H-pyrrole nitrogens is 1. The number of carbonyl (C=O) groups is 1. The van der Waals surface area contributed by atoms with E-state index < -0.39 is 11.7 Å². The van der Waals surface area contributed by atoms with Gasteiger partial charge in [-0.15, -0.1) is 0 Å². The van der Waals surface area contributed by atoms with Gasteiger partial charge in [0, 0.05) is 11.8 Å². The molecular weight excluding hydrogens is 374 g/mol. The second-order valence-electron chi connectivity index (χ2n) is 6.28. The van der Waals surface area contributed by atoms with Gasteiger partial charge in [-0.25, -0.2) is 9.48 Å². The van der Waals surface area contributed by atoms with Gasteiger partial charge in [-0.2, -0.15) is 5.10 Å². The molecule has 0 spiro atoms. The fourth-order valence-electron chi connectivity index (χ4n) is 2.92. The van der Waals surface area contributed by atoms with Gasteiger partial charge in [0.05, 0.1) is 5.69 Å². The number of hydrogen-bond donors (Lipinski definition) is 4. The number of fused-ring (bicyclic) bond motifs is 1. The number of pyridine rings is 1. The molecule has 0 unspecified atom stereocenters. The van der Waals surface area contributed by atoms with E-state index >= 15 is 0 Å². The van der Waals surface area contributed by atoms with Crippen LogP contribution in [0.4, 0.5) is 16.3 Å². The maximum absolute atomic E-state index is 12.1. The molecule has 0 aliphatic heterocycles. The van der Waals surface area contributed by atoms with Gasteiger partial charge in [-0.3, -0.25) is 15.1 Å². The Bertz CT molecular complexity index is 1250. The Labute approximate surface area is 164 Å². The van der Waals surface area contributed by atoms with E-state index in [1.165, 1.54) is 10.7 Å². The molecule has 5 N–H and O–H groups in total. The predicted octanol–water partition coefficient (Wildman–Crippen LogP) is 2.75. The largest absolute Gasteiger partial charge is 0.494 e. The highest BCUT2D eigenvalue weighted by atomic mass is 16.5. The molecule has 29 heavy (non-hydrogen) atoms. The number of nitrogens with zero attached hydrogens (tertiary/aromatic N) is 2. The summed E-state index contributed by atoms with van der Waals surface area (Å²) >= 11 is 0. The Morgan fingerprint density at radius 2 is 1.97 bits per heavy atom. The van der Waals surface area contributed by atoms with Crippen LogP contribution in [0.5, 0.6) is 5.88 Å². The molecular formula is C20H17N5O4. The molecule has 9 heteroatoms. The number of benzene rings is 2. The Hall–Kier alpha value is -4.27. The van der Waals surface area contributed by atoms with Crippen LogP contribution in [0.1, 0.15) is 5.56 Å². The lowest BCUT2D eigenvalue weighted by Gasteiger charge is -2.09. The van der Waals surface area contributed by atoms with E-state index in [1.807, 2.05) is 30.3 Å². The minimum Gasteiger partial charge on any atom is -0.494 e. The molecule has 0 atom stereocenters. The van der Waals surface area contributed by atoms with Crippen molar-refractivity contribution in [2.24, 2.45) is 0 Å². The van der Waals surface area contributed by atoms with Crippen molar-refractivity contribution in [3.05, 3.63) is 76.6 Å². The molecule has 146 valence electrons. The number of nitrogens with one attached hydrogen (secondary N) is 2. The van der Waals surface area contributed by atoms with Gasteiger partial charge < -0.3 is 15.6 Å². The summed E-state index contributed by atoms with van der Waals surface area (Å²) in [5.41, 5.74) is 7.66. The van der Waals surface area contributed by atoms with E-state index in [4.69, 9.17) is 10.5 Å². The predicted molar refractivity (Wildman–Crippen MR) is 108 cm³/mol. The number of nitrogens with two attached hydrogens (primary N) is 1. The van der Waals surface area contributed by atoms with Crippen molar-refractivity contribution in [1.82, 2.24) is 14.8 Å². The molecule has 0 fully saturated rings. The number of aromatic nitrogens is 3. The van der Waals surface area contributed by atoms with Crippen molar-refractivity contribution in [3.8, 4) is 11.6 Å². The van der Waals surface area contributed by atoms with Gasteiger partial charge in [0.25, 0.3) is 5.56 Å². The first-order valence-corrected chi connectivity index (χ1v) is 8.70. The molecule has 9 nitrogen and oxygen atoms in total. The highest BCUT2D eigenvalue weighted by molar-refractivity contribution is 5.90. The summed E-state index contributed by atoms with van der Waals surface area (Å²) in [5, 5.41) is 16.6. The first-order valence-electron chi connectivity index (χ1n) is 8.70. The molecule has 4 aromatic rings. The van der Waals surface area contributed by atoms with Crippen LogP contribution in [-0.2, 0) is 11.3 Å². The van der Waals surface area contributed by atoms with Crippen molar-refractivity contribution in [1.29, 1.82) is 0 Å². The lowest BCUT2D eigenvalue weighted by Crippen LogP contribution is -2.14. The number of ether oxygens (including phenoxy) is 1. The number of amides is 1. The van der Waals surface area contributed by atoms with Crippen LogP contribution in [0.3, 0.4) is 0 Å². The Morgan fingerprint density at radius 1 is 1.17 bits per heavy atom. The summed E-state index contributed by atoms with van der Waals surface area (Å²) in [4.78, 5) is 26.4. The quantitative estimate of drug-likeness (QED) is 0.422. The monoisotopic (exact) mass is 391 g/mol. The van der Waals surface area contributed by atoms with Gasteiger partial charge in [0.2, 0.25) is 0 Å². The second-order valence-corrected chi connectivity index (χ2v) is 6.28.